The topological polar surface area (TPSA) is 91.8 Å². The van der Waals surface area contributed by atoms with Crippen molar-refractivity contribution in [3.8, 4) is 0 Å². The third-order valence-corrected chi connectivity index (χ3v) is 4.17. The first-order chi connectivity index (χ1) is 11.7. The maximum Gasteiger partial charge on any atom is 0.412 e. The maximum absolute atomic E-state index is 12.0. The van der Waals surface area contributed by atoms with Gasteiger partial charge in [-0.05, 0) is 64.3 Å². The zero-order chi connectivity index (χ0) is 18.6. The van der Waals surface area contributed by atoms with E-state index in [0.717, 1.165) is 38.0 Å². The van der Waals surface area contributed by atoms with Gasteiger partial charge in [0.1, 0.15) is 5.60 Å². The van der Waals surface area contributed by atoms with Crippen LogP contribution in [0.4, 0.5) is 10.5 Å². The van der Waals surface area contributed by atoms with E-state index in [1.807, 2.05) is 0 Å². The number of piperidine rings is 1. The lowest BCUT2D eigenvalue weighted by Crippen LogP contribution is -2.34. The first-order valence-corrected chi connectivity index (χ1v) is 8.65. The third-order valence-electron chi connectivity index (χ3n) is 4.17. The highest BCUT2D eigenvalue weighted by Crippen LogP contribution is 2.29. The number of carbonyl (C=O) groups is 2. The molecule has 1 atom stereocenters. The third kappa shape index (κ3) is 5.42. The molecule has 1 unspecified atom stereocenters. The summed E-state index contributed by atoms with van der Waals surface area (Å²) in [5.74, 6) is -0.903. The van der Waals surface area contributed by atoms with Gasteiger partial charge in [-0.15, -0.1) is 0 Å². The molecule has 7 heteroatoms. The summed E-state index contributed by atoms with van der Waals surface area (Å²) < 4.78 is 5.22. The number of amides is 1. The van der Waals surface area contributed by atoms with E-state index in [1.165, 1.54) is 0 Å². The minimum absolute atomic E-state index is 0.174. The molecule has 1 amide bonds. The number of pyridine rings is 1. The highest BCUT2D eigenvalue weighted by molar-refractivity contribution is 5.97. The molecule has 0 bridgehead atoms. The van der Waals surface area contributed by atoms with E-state index in [9.17, 15) is 14.7 Å². The summed E-state index contributed by atoms with van der Waals surface area (Å²) in [6, 6.07) is 1.71. The van der Waals surface area contributed by atoms with E-state index in [2.05, 4.69) is 22.1 Å². The minimum Gasteiger partial charge on any atom is -0.476 e. The summed E-state index contributed by atoms with van der Waals surface area (Å²) >= 11 is 0. The second-order valence-corrected chi connectivity index (χ2v) is 7.33. The van der Waals surface area contributed by atoms with Crippen molar-refractivity contribution in [1.29, 1.82) is 0 Å². The van der Waals surface area contributed by atoms with Crippen LogP contribution in [-0.2, 0) is 4.74 Å². The van der Waals surface area contributed by atoms with E-state index in [1.54, 1.807) is 33.0 Å². The molecule has 2 heterocycles. The molecule has 2 N–H and O–H groups in total. The number of likely N-dealkylation sites (N-methyl/N-ethyl adjacent to an activating group) is 1. The molecule has 1 aromatic heterocycles. The van der Waals surface area contributed by atoms with Gasteiger partial charge in [0, 0.05) is 12.7 Å². The van der Waals surface area contributed by atoms with Crippen LogP contribution in [0, 0.1) is 0 Å². The Hall–Kier alpha value is -2.15. The fourth-order valence-electron chi connectivity index (χ4n) is 3.00. The molecule has 0 saturated carbocycles. The van der Waals surface area contributed by atoms with Crippen LogP contribution in [0.2, 0.25) is 0 Å². The van der Waals surface area contributed by atoms with E-state index < -0.39 is 17.7 Å². The number of hydrogen-bond donors (Lipinski definition) is 2. The minimum atomic E-state index is -1.18. The van der Waals surface area contributed by atoms with Gasteiger partial charge in [-0.2, -0.15) is 0 Å². The summed E-state index contributed by atoms with van der Waals surface area (Å²) in [5.41, 5.74) is 0.267. The van der Waals surface area contributed by atoms with Gasteiger partial charge in [-0.25, -0.2) is 14.6 Å². The monoisotopic (exact) mass is 349 g/mol. The van der Waals surface area contributed by atoms with E-state index in [4.69, 9.17) is 4.74 Å². The number of likely N-dealkylation sites (tertiary alicyclic amines) is 1. The number of ether oxygens (including phenoxy) is 1. The van der Waals surface area contributed by atoms with Crippen LogP contribution in [0.3, 0.4) is 0 Å². The molecule has 0 aromatic carbocycles. The van der Waals surface area contributed by atoms with Crippen molar-refractivity contribution in [2.24, 2.45) is 0 Å². The SMILES string of the molecule is CCN1CCCC(c2cnc(C(=O)O)c(NC(=O)OC(C)(C)C)c2)C1. The molecule has 1 aliphatic heterocycles. The number of rotatable bonds is 4. The van der Waals surface area contributed by atoms with Gasteiger partial charge >= 0.3 is 12.1 Å². The smallest absolute Gasteiger partial charge is 0.412 e. The Morgan fingerprint density at radius 3 is 2.76 bits per heavy atom. The molecule has 138 valence electrons. The molecular weight excluding hydrogens is 322 g/mol. The van der Waals surface area contributed by atoms with Crippen molar-refractivity contribution in [2.75, 3.05) is 25.0 Å². The zero-order valence-corrected chi connectivity index (χ0v) is 15.3. The number of carboxylic acid groups (broad SMARTS) is 1. The molecule has 0 radical (unpaired) electrons. The average molecular weight is 349 g/mol. The lowest BCUT2D eigenvalue weighted by Gasteiger charge is -2.32. The van der Waals surface area contributed by atoms with Gasteiger partial charge in [-0.1, -0.05) is 6.92 Å². The van der Waals surface area contributed by atoms with Crippen LogP contribution in [0.5, 0.6) is 0 Å². The molecule has 1 aliphatic rings. The van der Waals surface area contributed by atoms with Crippen molar-refractivity contribution < 1.29 is 19.4 Å². The Morgan fingerprint density at radius 2 is 2.16 bits per heavy atom. The Bertz CT molecular complexity index is 640. The van der Waals surface area contributed by atoms with Crippen LogP contribution in [-0.4, -0.2) is 52.3 Å². The Morgan fingerprint density at radius 1 is 1.44 bits per heavy atom. The number of anilines is 1. The summed E-state index contributed by atoms with van der Waals surface area (Å²) in [4.78, 5) is 29.9. The van der Waals surface area contributed by atoms with Crippen molar-refractivity contribution in [3.63, 3.8) is 0 Å². The van der Waals surface area contributed by atoms with Gasteiger partial charge in [0.2, 0.25) is 0 Å². The maximum atomic E-state index is 12.0. The lowest BCUT2D eigenvalue weighted by molar-refractivity contribution is 0.0636. The molecule has 0 spiro atoms. The van der Waals surface area contributed by atoms with Crippen LogP contribution in [0.25, 0.3) is 0 Å². The molecule has 1 saturated heterocycles. The van der Waals surface area contributed by atoms with Crippen molar-refractivity contribution in [1.82, 2.24) is 9.88 Å². The number of nitrogens with zero attached hydrogens (tertiary/aromatic N) is 2. The second kappa shape index (κ2) is 7.82. The molecule has 25 heavy (non-hydrogen) atoms. The van der Waals surface area contributed by atoms with Crippen LogP contribution < -0.4 is 5.32 Å². The lowest BCUT2D eigenvalue weighted by atomic mass is 9.91. The summed E-state index contributed by atoms with van der Waals surface area (Å²) in [6.07, 6.45) is 3.03. The standard InChI is InChI=1S/C18H27N3O4/c1-5-21-8-6-7-12(11-21)13-9-14(15(16(22)23)19-10-13)20-17(24)25-18(2,3)4/h9-10,12H,5-8,11H2,1-4H3,(H,20,24)(H,22,23). The Labute approximate surface area is 148 Å². The quantitative estimate of drug-likeness (QED) is 0.866. The zero-order valence-electron chi connectivity index (χ0n) is 15.3. The van der Waals surface area contributed by atoms with Gasteiger partial charge in [0.15, 0.2) is 5.69 Å². The van der Waals surface area contributed by atoms with E-state index >= 15 is 0 Å². The Kier molecular flexibility index (Phi) is 6.00. The Balaban J connectivity index is 2.24. The fraction of sp³-hybridized carbons (Fsp3) is 0.611. The van der Waals surface area contributed by atoms with E-state index in [0.29, 0.717) is 0 Å². The predicted molar refractivity (Wildman–Crippen MR) is 95.1 cm³/mol. The molecule has 0 aliphatic carbocycles. The summed E-state index contributed by atoms with van der Waals surface area (Å²) in [6.45, 7) is 10.4. The average Bonchev–Trinajstić information content (AvgIpc) is 2.52. The van der Waals surface area contributed by atoms with Gasteiger partial charge in [0.25, 0.3) is 0 Å². The van der Waals surface area contributed by atoms with Crippen molar-refractivity contribution in [2.45, 2.75) is 52.1 Å². The number of aromatic nitrogens is 1. The number of hydrogen-bond acceptors (Lipinski definition) is 5. The largest absolute Gasteiger partial charge is 0.476 e. The van der Waals surface area contributed by atoms with E-state index in [-0.39, 0.29) is 17.3 Å². The number of carboxylic acids is 1. The molecule has 7 nitrogen and oxygen atoms in total. The fourth-order valence-corrected chi connectivity index (χ4v) is 3.00. The summed E-state index contributed by atoms with van der Waals surface area (Å²) in [5, 5.41) is 11.9. The highest BCUT2D eigenvalue weighted by Gasteiger charge is 2.24. The van der Waals surface area contributed by atoms with Crippen LogP contribution in [0.1, 0.15) is 62.5 Å². The first-order valence-electron chi connectivity index (χ1n) is 8.65. The molecule has 2 rings (SSSR count). The first kappa shape index (κ1) is 19.2. The predicted octanol–water partition coefficient (Wildman–Crippen LogP) is 3.33. The number of nitrogens with one attached hydrogen (secondary N) is 1. The van der Waals surface area contributed by atoms with Crippen molar-refractivity contribution in [3.05, 3.63) is 23.5 Å². The van der Waals surface area contributed by atoms with Crippen LogP contribution in [0.15, 0.2) is 12.3 Å². The molecule has 1 fully saturated rings. The summed E-state index contributed by atoms with van der Waals surface area (Å²) in [7, 11) is 0. The van der Waals surface area contributed by atoms with Gasteiger partial charge in [0.05, 0.1) is 5.69 Å². The normalized spacial score (nSPS) is 18.6. The van der Waals surface area contributed by atoms with Gasteiger partial charge in [-0.3, -0.25) is 5.32 Å². The van der Waals surface area contributed by atoms with Gasteiger partial charge < -0.3 is 14.7 Å². The van der Waals surface area contributed by atoms with Crippen molar-refractivity contribution >= 4 is 17.7 Å². The number of carbonyl (C=O) groups excluding carboxylic acids is 1. The molecular formula is C18H27N3O4. The second-order valence-electron chi connectivity index (χ2n) is 7.33. The molecule has 1 aromatic rings. The van der Waals surface area contributed by atoms with Crippen LogP contribution >= 0.6 is 0 Å². The number of aromatic carboxylic acids is 1. The highest BCUT2D eigenvalue weighted by atomic mass is 16.6.